The van der Waals surface area contributed by atoms with E-state index in [0.717, 1.165) is 16.7 Å². The van der Waals surface area contributed by atoms with Crippen molar-refractivity contribution in [2.45, 2.75) is 58.0 Å². The third-order valence-corrected chi connectivity index (χ3v) is 5.71. The van der Waals surface area contributed by atoms with E-state index in [9.17, 15) is 0 Å². The van der Waals surface area contributed by atoms with Crippen molar-refractivity contribution >= 4 is 26.9 Å². The van der Waals surface area contributed by atoms with E-state index < -0.39 is 16.6 Å². The molecule has 0 N–H and O–H groups in total. The SMILES string of the molecule is CCC([SiH3])(O[Si](C)(C)C)O[Si](C)(C)C. The first-order valence-corrected chi connectivity index (χ1v) is 13.2. The first-order chi connectivity index (χ1) is 5.97. The van der Waals surface area contributed by atoms with Crippen LogP contribution in [0.2, 0.25) is 39.3 Å². The van der Waals surface area contributed by atoms with Gasteiger partial charge in [-0.3, -0.25) is 0 Å². The molecule has 0 aliphatic rings. The molecule has 0 bridgehead atoms. The van der Waals surface area contributed by atoms with Crippen LogP contribution < -0.4 is 0 Å². The molecule has 0 heterocycles. The fraction of sp³-hybridized carbons (Fsp3) is 1.00. The van der Waals surface area contributed by atoms with Gasteiger partial charge in [-0.1, -0.05) is 6.92 Å². The fourth-order valence-electron chi connectivity index (χ4n) is 1.46. The van der Waals surface area contributed by atoms with Gasteiger partial charge in [-0.05, 0) is 45.7 Å². The van der Waals surface area contributed by atoms with Crippen molar-refractivity contribution in [2.24, 2.45) is 0 Å². The molecule has 0 aromatic rings. The Bertz CT molecular complexity index is 165. The summed E-state index contributed by atoms with van der Waals surface area (Å²) < 4.78 is 12.3. The average molecular weight is 251 g/mol. The van der Waals surface area contributed by atoms with Gasteiger partial charge in [-0.15, -0.1) is 0 Å². The molecule has 0 unspecified atom stereocenters. The molecule has 0 spiro atoms. The smallest absolute Gasteiger partial charge is 0.187 e. The van der Waals surface area contributed by atoms with E-state index in [1.54, 1.807) is 0 Å². The van der Waals surface area contributed by atoms with Gasteiger partial charge in [0.1, 0.15) is 5.41 Å². The molecule has 2 nitrogen and oxygen atoms in total. The zero-order valence-electron chi connectivity index (χ0n) is 11.0. The summed E-state index contributed by atoms with van der Waals surface area (Å²) in [7, 11) is -2.01. The predicted molar refractivity (Wildman–Crippen MR) is 71.8 cm³/mol. The minimum atomic E-state index is -1.48. The van der Waals surface area contributed by atoms with Gasteiger partial charge in [0, 0.05) is 0 Å². The molecule has 14 heavy (non-hydrogen) atoms. The number of hydrogen-bond donors (Lipinski definition) is 0. The number of hydrogen-bond acceptors (Lipinski definition) is 2. The quantitative estimate of drug-likeness (QED) is 0.550. The molecule has 0 aromatic carbocycles. The highest BCUT2D eigenvalue weighted by Crippen LogP contribution is 2.24. The molecule has 86 valence electrons. The molecule has 0 saturated heterocycles. The van der Waals surface area contributed by atoms with Crippen LogP contribution in [0.1, 0.15) is 13.3 Å². The Morgan fingerprint density at radius 1 is 0.929 bits per heavy atom. The Hall–Kier alpha value is 0.571. The highest BCUT2D eigenvalue weighted by molar-refractivity contribution is 6.71. The van der Waals surface area contributed by atoms with Crippen molar-refractivity contribution < 1.29 is 8.85 Å². The van der Waals surface area contributed by atoms with Crippen molar-refractivity contribution in [2.75, 3.05) is 0 Å². The molecule has 0 aromatic heterocycles. The van der Waals surface area contributed by atoms with Gasteiger partial charge in [0.15, 0.2) is 16.6 Å². The van der Waals surface area contributed by atoms with Crippen molar-refractivity contribution in [3.05, 3.63) is 0 Å². The summed E-state index contributed by atoms with van der Waals surface area (Å²) in [5, 5.41) is 0. The first kappa shape index (κ1) is 14.6. The lowest BCUT2D eigenvalue weighted by atomic mass is 10.5. The second-order valence-electron chi connectivity index (χ2n) is 5.92. The first-order valence-electron chi connectivity index (χ1n) is 5.38. The van der Waals surface area contributed by atoms with Gasteiger partial charge in [-0.2, -0.15) is 0 Å². The number of rotatable bonds is 5. The predicted octanol–water partition coefficient (Wildman–Crippen LogP) is 2.12. The zero-order chi connectivity index (χ0) is 11.6. The van der Waals surface area contributed by atoms with Crippen LogP contribution in [0.15, 0.2) is 0 Å². The Labute approximate surface area is 94.1 Å². The summed E-state index contributed by atoms with van der Waals surface area (Å²) >= 11 is 0. The van der Waals surface area contributed by atoms with Gasteiger partial charge in [0.25, 0.3) is 0 Å². The van der Waals surface area contributed by atoms with Gasteiger partial charge in [0.2, 0.25) is 0 Å². The van der Waals surface area contributed by atoms with Crippen LogP contribution in [0.3, 0.4) is 0 Å². The van der Waals surface area contributed by atoms with Crippen molar-refractivity contribution in [1.29, 1.82) is 0 Å². The topological polar surface area (TPSA) is 18.5 Å². The molecule has 0 amide bonds. The van der Waals surface area contributed by atoms with Crippen LogP contribution in [0.4, 0.5) is 0 Å². The van der Waals surface area contributed by atoms with Gasteiger partial charge >= 0.3 is 0 Å². The largest absolute Gasteiger partial charge is 0.395 e. The molecule has 5 heteroatoms. The molecular weight excluding hydrogens is 224 g/mol. The molecule has 0 rings (SSSR count). The Balaban J connectivity index is 4.49. The lowest BCUT2D eigenvalue weighted by Gasteiger charge is -2.40. The monoisotopic (exact) mass is 250 g/mol. The Morgan fingerprint density at radius 2 is 1.21 bits per heavy atom. The second-order valence-corrected chi connectivity index (χ2v) is 16.3. The standard InChI is InChI=1S/C9H26O2Si3/c1-8-9(12,10-13(2,3)4)11-14(5,6)7/h8H2,1-7,12H3. The normalized spacial score (nSPS) is 14.8. The Morgan fingerprint density at radius 3 is 1.36 bits per heavy atom. The third kappa shape index (κ3) is 6.94. The van der Waals surface area contributed by atoms with Crippen LogP contribution in [0, 0.1) is 0 Å². The molecular formula is C9H26O2Si3. The highest BCUT2D eigenvalue weighted by atomic mass is 28.4. The lowest BCUT2D eigenvalue weighted by Crippen LogP contribution is -2.50. The van der Waals surface area contributed by atoms with Crippen LogP contribution in [0.5, 0.6) is 0 Å². The summed E-state index contributed by atoms with van der Waals surface area (Å²) in [4.78, 5) is 0. The van der Waals surface area contributed by atoms with Gasteiger partial charge < -0.3 is 8.85 Å². The Kier molecular flexibility index (Phi) is 4.80. The second kappa shape index (κ2) is 4.61. The average Bonchev–Trinajstić information content (AvgIpc) is 1.78. The lowest BCUT2D eigenvalue weighted by molar-refractivity contribution is -0.0541. The van der Waals surface area contributed by atoms with Gasteiger partial charge in [0.05, 0.1) is 10.2 Å². The van der Waals surface area contributed by atoms with E-state index in [4.69, 9.17) is 8.85 Å². The maximum Gasteiger partial charge on any atom is 0.187 e. The van der Waals surface area contributed by atoms with E-state index in [1.165, 1.54) is 0 Å². The summed E-state index contributed by atoms with van der Waals surface area (Å²) in [6.45, 7) is 15.5. The van der Waals surface area contributed by atoms with Crippen LogP contribution in [-0.4, -0.2) is 32.3 Å². The maximum absolute atomic E-state index is 6.16. The fourth-order valence-corrected chi connectivity index (χ4v) is 8.18. The van der Waals surface area contributed by atoms with Gasteiger partial charge in [-0.25, -0.2) is 0 Å². The van der Waals surface area contributed by atoms with Crippen molar-refractivity contribution in [1.82, 2.24) is 0 Å². The minimum Gasteiger partial charge on any atom is -0.395 e. The van der Waals surface area contributed by atoms with Crippen LogP contribution in [-0.2, 0) is 8.85 Å². The van der Waals surface area contributed by atoms with Crippen molar-refractivity contribution in [3.63, 3.8) is 0 Å². The summed E-state index contributed by atoms with van der Waals surface area (Å²) in [6.07, 6.45) is 0.980. The van der Waals surface area contributed by atoms with E-state index in [0.29, 0.717) is 0 Å². The molecule has 0 atom stereocenters. The summed E-state index contributed by atoms with van der Waals surface area (Å²) in [6, 6.07) is 0. The zero-order valence-corrected chi connectivity index (χ0v) is 15.0. The van der Waals surface area contributed by atoms with E-state index in [1.807, 2.05) is 0 Å². The van der Waals surface area contributed by atoms with E-state index in [2.05, 4.69) is 46.2 Å². The minimum absolute atomic E-state index is 0.227. The molecule has 0 radical (unpaired) electrons. The van der Waals surface area contributed by atoms with Crippen molar-refractivity contribution in [3.8, 4) is 0 Å². The molecule has 0 aliphatic carbocycles. The van der Waals surface area contributed by atoms with E-state index >= 15 is 0 Å². The highest BCUT2D eigenvalue weighted by Gasteiger charge is 2.34. The third-order valence-electron chi connectivity index (χ3n) is 1.69. The van der Waals surface area contributed by atoms with Crippen LogP contribution >= 0.6 is 0 Å². The molecule has 0 fully saturated rings. The molecule has 0 aliphatic heterocycles. The maximum atomic E-state index is 6.16. The van der Waals surface area contributed by atoms with Crippen LogP contribution in [0.25, 0.3) is 0 Å². The van der Waals surface area contributed by atoms with E-state index in [-0.39, 0.29) is 5.41 Å². The molecule has 0 saturated carbocycles. The summed E-state index contributed by atoms with van der Waals surface area (Å²) in [5.41, 5.74) is -0.227. The summed E-state index contributed by atoms with van der Waals surface area (Å²) in [5.74, 6) is 0.